The van der Waals surface area contributed by atoms with Crippen molar-refractivity contribution in [2.24, 2.45) is 0 Å². The van der Waals surface area contributed by atoms with Crippen LogP contribution in [0, 0.1) is 0 Å². The van der Waals surface area contributed by atoms with Gasteiger partial charge in [-0.3, -0.25) is 4.90 Å². The van der Waals surface area contributed by atoms with Crippen molar-refractivity contribution in [3.05, 3.63) is 144 Å². The average molecular weight is 557 g/mol. The Morgan fingerprint density at radius 2 is 1.09 bits per heavy atom. The summed E-state index contributed by atoms with van der Waals surface area (Å²) >= 11 is 0. The lowest BCUT2D eigenvalue weighted by molar-refractivity contribution is 0.594. The topological polar surface area (TPSA) is 41.9 Å². The molecule has 4 aromatic carbocycles. The van der Waals surface area contributed by atoms with E-state index in [4.69, 9.17) is 15.0 Å². The summed E-state index contributed by atoms with van der Waals surface area (Å²) in [6, 6.07) is 40.6. The molecule has 43 heavy (non-hydrogen) atoms. The Morgan fingerprint density at radius 3 is 1.72 bits per heavy atom. The first-order chi connectivity index (χ1) is 20.8. The minimum absolute atomic E-state index is 0.154. The third-order valence-corrected chi connectivity index (χ3v) is 9.31. The van der Waals surface area contributed by atoms with Crippen molar-refractivity contribution in [1.82, 2.24) is 15.0 Å². The average Bonchev–Trinajstić information content (AvgIpc) is 3.05. The Bertz CT molecular complexity index is 1970. The molecule has 0 fully saturated rings. The number of aromatic nitrogens is 3. The Balaban J connectivity index is 1.35. The highest BCUT2D eigenvalue weighted by Crippen LogP contribution is 2.59. The monoisotopic (exact) mass is 556 g/mol. The molecule has 0 amide bonds. The van der Waals surface area contributed by atoms with Crippen LogP contribution < -0.4 is 4.90 Å². The van der Waals surface area contributed by atoms with E-state index in [9.17, 15) is 0 Å². The molecule has 0 aliphatic carbocycles. The highest BCUT2D eigenvalue weighted by atomic mass is 15.2. The molecular formula is C39H32N4. The zero-order chi connectivity index (χ0) is 29.3. The molecule has 0 saturated heterocycles. The molecule has 2 aromatic heterocycles. The van der Waals surface area contributed by atoms with Gasteiger partial charge in [0.1, 0.15) is 5.82 Å². The van der Waals surface area contributed by atoms with Gasteiger partial charge in [0.05, 0.1) is 22.8 Å². The Kier molecular flexibility index (Phi) is 5.48. The van der Waals surface area contributed by atoms with Crippen molar-refractivity contribution in [3.8, 4) is 33.9 Å². The van der Waals surface area contributed by atoms with Crippen LogP contribution in [0.5, 0.6) is 0 Å². The van der Waals surface area contributed by atoms with E-state index in [-0.39, 0.29) is 10.8 Å². The van der Waals surface area contributed by atoms with Crippen LogP contribution in [-0.2, 0) is 10.8 Å². The molecule has 6 aromatic rings. The molecule has 0 atom stereocenters. The summed E-state index contributed by atoms with van der Waals surface area (Å²) in [6.07, 6.45) is 1.91. The van der Waals surface area contributed by atoms with Crippen molar-refractivity contribution in [1.29, 1.82) is 0 Å². The van der Waals surface area contributed by atoms with Gasteiger partial charge in [-0.25, -0.2) is 15.0 Å². The minimum atomic E-state index is -0.241. The number of nitrogens with zero attached hydrogens (tertiary/aromatic N) is 4. The molecule has 0 bridgehead atoms. The van der Waals surface area contributed by atoms with Gasteiger partial charge in [-0.15, -0.1) is 0 Å². The van der Waals surface area contributed by atoms with Crippen molar-refractivity contribution in [3.63, 3.8) is 0 Å². The zero-order valence-electron chi connectivity index (χ0n) is 24.8. The van der Waals surface area contributed by atoms with Crippen LogP contribution in [0.2, 0.25) is 0 Å². The summed E-state index contributed by atoms with van der Waals surface area (Å²) in [6.45, 7) is 9.29. The number of para-hydroxylation sites is 1. The van der Waals surface area contributed by atoms with Crippen molar-refractivity contribution >= 4 is 17.2 Å². The van der Waals surface area contributed by atoms with Gasteiger partial charge >= 0.3 is 0 Å². The molecule has 0 unspecified atom stereocenters. The lowest BCUT2D eigenvalue weighted by atomic mass is 9.67. The van der Waals surface area contributed by atoms with Crippen LogP contribution in [0.4, 0.5) is 17.2 Å². The minimum Gasteiger partial charge on any atom is -0.294 e. The largest absolute Gasteiger partial charge is 0.294 e. The smallest absolute Gasteiger partial charge is 0.160 e. The number of benzene rings is 4. The molecular weight excluding hydrogens is 524 g/mol. The molecule has 0 N–H and O–H groups in total. The normalized spacial score (nSPS) is 15.3. The number of hydrogen-bond acceptors (Lipinski definition) is 4. The lowest BCUT2D eigenvalue weighted by Gasteiger charge is -2.48. The van der Waals surface area contributed by atoms with E-state index in [1.807, 2.05) is 18.3 Å². The molecule has 8 rings (SSSR count). The number of anilines is 3. The number of hydrogen-bond donors (Lipinski definition) is 0. The summed E-state index contributed by atoms with van der Waals surface area (Å²) in [5, 5.41) is 0. The number of fused-ring (bicyclic) bond motifs is 4. The molecule has 4 heterocycles. The maximum atomic E-state index is 5.12. The summed E-state index contributed by atoms with van der Waals surface area (Å²) in [4.78, 5) is 17.6. The van der Waals surface area contributed by atoms with Crippen LogP contribution in [0.25, 0.3) is 33.9 Å². The van der Waals surface area contributed by atoms with E-state index < -0.39 is 0 Å². The predicted molar refractivity (Wildman–Crippen MR) is 175 cm³/mol. The summed E-state index contributed by atoms with van der Waals surface area (Å²) < 4.78 is 0. The second-order valence-corrected chi connectivity index (χ2v) is 12.6. The van der Waals surface area contributed by atoms with E-state index >= 15 is 0 Å². The van der Waals surface area contributed by atoms with Crippen LogP contribution in [0.3, 0.4) is 0 Å². The fraction of sp³-hybridized carbons (Fsp3) is 0.154. The van der Waals surface area contributed by atoms with E-state index in [1.165, 1.54) is 27.9 Å². The highest BCUT2D eigenvalue weighted by Gasteiger charge is 2.45. The second kappa shape index (κ2) is 9.20. The molecule has 4 nitrogen and oxygen atoms in total. The van der Waals surface area contributed by atoms with Gasteiger partial charge in [0, 0.05) is 39.3 Å². The van der Waals surface area contributed by atoms with Gasteiger partial charge in [0.15, 0.2) is 5.82 Å². The Labute approximate surface area is 252 Å². The first-order valence-electron chi connectivity index (χ1n) is 14.9. The first kappa shape index (κ1) is 25.6. The van der Waals surface area contributed by atoms with Gasteiger partial charge < -0.3 is 0 Å². The van der Waals surface area contributed by atoms with Gasteiger partial charge in [0.25, 0.3) is 0 Å². The fourth-order valence-electron chi connectivity index (χ4n) is 6.95. The van der Waals surface area contributed by atoms with E-state index in [0.29, 0.717) is 0 Å². The summed E-state index contributed by atoms with van der Waals surface area (Å²) in [7, 11) is 0. The quantitative estimate of drug-likeness (QED) is 0.218. The number of rotatable bonds is 3. The maximum absolute atomic E-state index is 5.12. The fourth-order valence-corrected chi connectivity index (χ4v) is 6.95. The van der Waals surface area contributed by atoms with Gasteiger partial charge in [-0.1, -0.05) is 113 Å². The van der Waals surface area contributed by atoms with Crippen LogP contribution in [0.1, 0.15) is 49.9 Å². The van der Waals surface area contributed by atoms with Crippen molar-refractivity contribution < 1.29 is 0 Å². The first-order valence-corrected chi connectivity index (χ1v) is 14.9. The molecule has 208 valence electrons. The van der Waals surface area contributed by atoms with Crippen LogP contribution >= 0.6 is 0 Å². The van der Waals surface area contributed by atoms with Crippen molar-refractivity contribution in [2.45, 2.75) is 38.5 Å². The Hall–Kier alpha value is -5.09. The standard InChI is InChI=1S/C39H32N4/c1-38(2)28-17-11-18-29-35(28)43(37-30(38)19-12-22-40-37)34-21-20-27(23-31(34)39(29,3)4)36-41-32(25-13-7-5-8-14-25)24-33(42-36)26-15-9-6-10-16-26/h5-24H,1-4H3. The highest BCUT2D eigenvalue weighted by molar-refractivity contribution is 5.92. The van der Waals surface area contributed by atoms with Gasteiger partial charge in [0.2, 0.25) is 0 Å². The summed E-state index contributed by atoms with van der Waals surface area (Å²) in [5.41, 5.74) is 12.1. The molecule has 2 aliphatic heterocycles. The van der Waals surface area contributed by atoms with Crippen LogP contribution in [-0.4, -0.2) is 15.0 Å². The SMILES string of the molecule is CC1(C)c2cc(-c3nc(-c4ccccc4)cc(-c4ccccc4)n3)ccc2N2c3ncccc3C(C)(C)c3cccc1c32. The zero-order valence-corrected chi connectivity index (χ0v) is 24.8. The predicted octanol–water partition coefficient (Wildman–Crippen LogP) is 9.62. The van der Waals surface area contributed by atoms with E-state index in [1.54, 1.807) is 0 Å². The number of pyridine rings is 1. The molecule has 2 aliphatic rings. The molecule has 0 radical (unpaired) electrons. The van der Waals surface area contributed by atoms with Crippen molar-refractivity contribution in [2.75, 3.05) is 4.90 Å². The van der Waals surface area contributed by atoms with E-state index in [2.05, 4.69) is 136 Å². The molecule has 4 heteroatoms. The second-order valence-electron chi connectivity index (χ2n) is 12.6. The third kappa shape index (κ3) is 3.79. The lowest BCUT2D eigenvalue weighted by Crippen LogP contribution is -2.38. The third-order valence-electron chi connectivity index (χ3n) is 9.31. The maximum Gasteiger partial charge on any atom is 0.160 e. The summed E-state index contributed by atoms with van der Waals surface area (Å²) in [5.74, 6) is 1.72. The van der Waals surface area contributed by atoms with Gasteiger partial charge in [-0.05, 0) is 47.0 Å². The Morgan fingerprint density at radius 1 is 0.512 bits per heavy atom. The van der Waals surface area contributed by atoms with Crippen LogP contribution in [0.15, 0.2) is 121 Å². The van der Waals surface area contributed by atoms with Gasteiger partial charge in [-0.2, -0.15) is 0 Å². The molecule has 0 spiro atoms. The molecule has 0 saturated carbocycles. The van der Waals surface area contributed by atoms with E-state index in [0.717, 1.165) is 45.4 Å².